The van der Waals surface area contributed by atoms with Crippen molar-refractivity contribution in [2.75, 3.05) is 26.2 Å². The van der Waals surface area contributed by atoms with Crippen molar-refractivity contribution in [2.24, 2.45) is 0 Å². The van der Waals surface area contributed by atoms with E-state index < -0.39 is 0 Å². The molecule has 0 unspecified atom stereocenters. The molecule has 1 fully saturated rings. The minimum atomic E-state index is 0. The van der Waals surface area contributed by atoms with Crippen LogP contribution >= 0.6 is 0 Å². The SMILES string of the molecule is C.CC(C)(C)N1CCN(C(C)(C)C)CC1. The molecule has 1 aliphatic rings. The van der Waals surface area contributed by atoms with Gasteiger partial charge in [-0.2, -0.15) is 0 Å². The Bertz CT molecular complexity index is 156. The third-order valence-electron chi connectivity index (χ3n) is 3.18. The van der Waals surface area contributed by atoms with Crippen LogP contribution in [0.3, 0.4) is 0 Å². The lowest BCUT2D eigenvalue weighted by Crippen LogP contribution is -2.57. The average molecular weight is 214 g/mol. The summed E-state index contributed by atoms with van der Waals surface area (Å²) in [4.78, 5) is 5.16. The number of hydrogen-bond acceptors (Lipinski definition) is 2. The maximum atomic E-state index is 2.58. The van der Waals surface area contributed by atoms with Crippen molar-refractivity contribution in [3.05, 3.63) is 0 Å². The molecule has 0 aromatic rings. The number of hydrogen-bond donors (Lipinski definition) is 0. The van der Waals surface area contributed by atoms with E-state index in [4.69, 9.17) is 0 Å². The lowest BCUT2D eigenvalue weighted by molar-refractivity contribution is 0.0211. The fraction of sp³-hybridized carbons (Fsp3) is 1.00. The van der Waals surface area contributed by atoms with Gasteiger partial charge in [0.25, 0.3) is 0 Å². The highest BCUT2D eigenvalue weighted by Crippen LogP contribution is 2.20. The maximum Gasteiger partial charge on any atom is 0.0126 e. The third-order valence-corrected chi connectivity index (χ3v) is 3.18. The molecular formula is C13H30N2. The first kappa shape index (κ1) is 14.9. The molecule has 1 saturated heterocycles. The molecule has 1 rings (SSSR count). The summed E-state index contributed by atoms with van der Waals surface area (Å²) < 4.78 is 0. The standard InChI is InChI=1S/C12H26N2.CH4/c1-11(2,3)13-7-9-14(10-8-13)12(4,5)6;/h7-10H2,1-6H3;1H4. The zero-order chi connectivity index (χ0) is 11.0. The van der Waals surface area contributed by atoms with Gasteiger partial charge in [-0.15, -0.1) is 0 Å². The van der Waals surface area contributed by atoms with E-state index in [9.17, 15) is 0 Å². The smallest absolute Gasteiger partial charge is 0.0126 e. The second-order valence-corrected chi connectivity index (χ2v) is 6.32. The molecule has 2 nitrogen and oxygen atoms in total. The topological polar surface area (TPSA) is 6.48 Å². The molecule has 0 atom stereocenters. The summed E-state index contributed by atoms with van der Waals surface area (Å²) in [6, 6.07) is 0. The quantitative estimate of drug-likeness (QED) is 0.612. The average Bonchev–Trinajstić information content (AvgIpc) is 2.01. The summed E-state index contributed by atoms with van der Waals surface area (Å²) >= 11 is 0. The highest BCUT2D eigenvalue weighted by Gasteiger charge is 2.30. The monoisotopic (exact) mass is 214 g/mol. The van der Waals surface area contributed by atoms with Gasteiger partial charge in [0, 0.05) is 37.3 Å². The van der Waals surface area contributed by atoms with E-state index in [1.165, 1.54) is 26.2 Å². The van der Waals surface area contributed by atoms with Crippen LogP contribution in [0.4, 0.5) is 0 Å². The molecule has 0 aromatic heterocycles. The first-order valence-corrected chi connectivity index (χ1v) is 5.71. The van der Waals surface area contributed by atoms with E-state index in [0.29, 0.717) is 11.1 Å². The summed E-state index contributed by atoms with van der Waals surface area (Å²) in [5.41, 5.74) is 0.675. The zero-order valence-corrected chi connectivity index (χ0v) is 10.7. The lowest BCUT2D eigenvalue weighted by atomic mass is 10.0. The van der Waals surface area contributed by atoms with Gasteiger partial charge >= 0.3 is 0 Å². The molecule has 0 N–H and O–H groups in total. The summed E-state index contributed by atoms with van der Waals surface area (Å²) in [5.74, 6) is 0. The normalized spacial score (nSPS) is 21.2. The Kier molecular flexibility index (Phi) is 4.81. The summed E-state index contributed by atoms with van der Waals surface area (Å²) in [7, 11) is 0. The van der Waals surface area contributed by atoms with Crippen LogP contribution in [-0.4, -0.2) is 47.1 Å². The Morgan fingerprint density at radius 1 is 0.600 bits per heavy atom. The molecule has 0 aliphatic carbocycles. The molecule has 0 bridgehead atoms. The second kappa shape index (κ2) is 4.84. The van der Waals surface area contributed by atoms with Crippen LogP contribution in [0.25, 0.3) is 0 Å². The minimum Gasteiger partial charge on any atom is -0.296 e. The van der Waals surface area contributed by atoms with Crippen molar-refractivity contribution in [1.82, 2.24) is 9.80 Å². The summed E-state index contributed by atoms with van der Waals surface area (Å²) in [5, 5.41) is 0. The number of nitrogens with zero attached hydrogens (tertiary/aromatic N) is 2. The van der Waals surface area contributed by atoms with Gasteiger partial charge in [0.05, 0.1) is 0 Å². The number of piperazine rings is 1. The molecule has 0 saturated carbocycles. The van der Waals surface area contributed by atoms with Crippen LogP contribution in [0.2, 0.25) is 0 Å². The first-order chi connectivity index (χ1) is 6.21. The van der Waals surface area contributed by atoms with Gasteiger partial charge < -0.3 is 0 Å². The van der Waals surface area contributed by atoms with E-state index in [-0.39, 0.29) is 7.43 Å². The van der Waals surface area contributed by atoms with Gasteiger partial charge in [-0.3, -0.25) is 9.80 Å². The van der Waals surface area contributed by atoms with Crippen molar-refractivity contribution < 1.29 is 0 Å². The largest absolute Gasteiger partial charge is 0.296 e. The summed E-state index contributed by atoms with van der Waals surface area (Å²) in [6.07, 6.45) is 0. The number of rotatable bonds is 0. The predicted molar refractivity (Wildman–Crippen MR) is 69.4 cm³/mol. The molecular weight excluding hydrogens is 184 g/mol. The molecule has 1 heterocycles. The molecule has 2 heteroatoms. The molecule has 0 aromatic carbocycles. The highest BCUT2D eigenvalue weighted by molar-refractivity contribution is 4.86. The van der Waals surface area contributed by atoms with Crippen LogP contribution in [-0.2, 0) is 0 Å². The van der Waals surface area contributed by atoms with Gasteiger partial charge in [0.1, 0.15) is 0 Å². The fourth-order valence-electron chi connectivity index (χ4n) is 2.05. The van der Waals surface area contributed by atoms with E-state index in [0.717, 1.165) is 0 Å². The van der Waals surface area contributed by atoms with Crippen molar-refractivity contribution in [3.8, 4) is 0 Å². The van der Waals surface area contributed by atoms with Crippen molar-refractivity contribution in [3.63, 3.8) is 0 Å². The molecule has 0 amide bonds. The Labute approximate surface area is 96.6 Å². The molecule has 0 radical (unpaired) electrons. The molecule has 92 valence electrons. The Balaban J connectivity index is 0.00000196. The molecule has 0 spiro atoms. The molecule has 15 heavy (non-hydrogen) atoms. The fourth-order valence-corrected chi connectivity index (χ4v) is 2.05. The van der Waals surface area contributed by atoms with Gasteiger partial charge in [0.2, 0.25) is 0 Å². The van der Waals surface area contributed by atoms with Crippen LogP contribution in [0.1, 0.15) is 49.0 Å². The van der Waals surface area contributed by atoms with Gasteiger partial charge in [-0.05, 0) is 41.5 Å². The van der Waals surface area contributed by atoms with Gasteiger partial charge in [-0.25, -0.2) is 0 Å². The van der Waals surface area contributed by atoms with Crippen LogP contribution < -0.4 is 0 Å². The van der Waals surface area contributed by atoms with E-state index in [1.807, 2.05) is 0 Å². The Morgan fingerprint density at radius 3 is 0.933 bits per heavy atom. The first-order valence-electron chi connectivity index (χ1n) is 5.71. The zero-order valence-electron chi connectivity index (χ0n) is 10.7. The van der Waals surface area contributed by atoms with Gasteiger partial charge in [0.15, 0.2) is 0 Å². The maximum absolute atomic E-state index is 2.58. The Morgan fingerprint density at radius 2 is 0.800 bits per heavy atom. The van der Waals surface area contributed by atoms with Crippen LogP contribution in [0.15, 0.2) is 0 Å². The van der Waals surface area contributed by atoms with E-state index in [1.54, 1.807) is 0 Å². The second-order valence-electron chi connectivity index (χ2n) is 6.32. The third kappa shape index (κ3) is 4.12. The predicted octanol–water partition coefficient (Wildman–Crippen LogP) is 2.84. The van der Waals surface area contributed by atoms with Crippen LogP contribution in [0.5, 0.6) is 0 Å². The highest BCUT2D eigenvalue weighted by atomic mass is 15.3. The van der Waals surface area contributed by atoms with Crippen molar-refractivity contribution in [2.45, 2.75) is 60.0 Å². The van der Waals surface area contributed by atoms with E-state index in [2.05, 4.69) is 51.3 Å². The lowest BCUT2D eigenvalue weighted by Gasteiger charge is -2.46. The van der Waals surface area contributed by atoms with Crippen molar-refractivity contribution >= 4 is 0 Å². The van der Waals surface area contributed by atoms with Gasteiger partial charge in [-0.1, -0.05) is 7.43 Å². The van der Waals surface area contributed by atoms with Crippen molar-refractivity contribution in [1.29, 1.82) is 0 Å². The Hall–Kier alpha value is -0.0800. The summed E-state index contributed by atoms with van der Waals surface area (Å²) in [6.45, 7) is 18.7. The van der Waals surface area contributed by atoms with E-state index >= 15 is 0 Å². The van der Waals surface area contributed by atoms with Crippen LogP contribution in [0, 0.1) is 0 Å². The minimum absolute atomic E-state index is 0. The molecule has 1 aliphatic heterocycles.